The number of carbonyl (C=O) groups is 1. The van der Waals surface area contributed by atoms with Crippen molar-refractivity contribution in [2.45, 2.75) is 33.1 Å². The highest BCUT2D eigenvalue weighted by Crippen LogP contribution is 2.36. The first-order valence-electron chi connectivity index (χ1n) is 9.66. The fourth-order valence-corrected chi connectivity index (χ4v) is 3.85. The van der Waals surface area contributed by atoms with Crippen molar-refractivity contribution in [3.05, 3.63) is 28.1 Å². The number of piperazine rings is 1. The molecular formula is C19H27FN4O3. The van der Waals surface area contributed by atoms with Crippen LogP contribution in [0.4, 0.5) is 21.5 Å². The molecule has 0 N–H and O–H groups in total. The summed E-state index contributed by atoms with van der Waals surface area (Å²) in [6, 6.07) is 2.67. The number of hydrogen-bond acceptors (Lipinski definition) is 5. The predicted molar refractivity (Wildman–Crippen MR) is 103 cm³/mol. The van der Waals surface area contributed by atoms with E-state index in [0.717, 1.165) is 32.0 Å². The molecule has 3 rings (SSSR count). The molecule has 0 unspecified atom stereocenters. The van der Waals surface area contributed by atoms with Gasteiger partial charge in [0.05, 0.1) is 16.7 Å². The van der Waals surface area contributed by atoms with Crippen LogP contribution in [0.15, 0.2) is 12.1 Å². The molecular weight excluding hydrogens is 351 g/mol. The first-order valence-corrected chi connectivity index (χ1v) is 9.66. The monoisotopic (exact) mass is 378 g/mol. The Labute approximate surface area is 158 Å². The Hall–Kier alpha value is -2.38. The molecule has 27 heavy (non-hydrogen) atoms. The van der Waals surface area contributed by atoms with Gasteiger partial charge in [-0.2, -0.15) is 0 Å². The van der Waals surface area contributed by atoms with Gasteiger partial charge in [0.25, 0.3) is 5.69 Å². The lowest BCUT2D eigenvalue weighted by Gasteiger charge is -2.37. The van der Waals surface area contributed by atoms with Gasteiger partial charge in [-0.15, -0.1) is 0 Å². The van der Waals surface area contributed by atoms with Crippen LogP contribution in [-0.2, 0) is 4.79 Å². The number of benzene rings is 1. The van der Waals surface area contributed by atoms with Gasteiger partial charge in [0.1, 0.15) is 5.69 Å². The number of piperidine rings is 1. The molecule has 0 aromatic heterocycles. The summed E-state index contributed by atoms with van der Waals surface area (Å²) in [5.74, 6) is 0.164. The quantitative estimate of drug-likeness (QED) is 0.595. The lowest BCUT2D eigenvalue weighted by Crippen LogP contribution is -2.48. The molecule has 2 fully saturated rings. The van der Waals surface area contributed by atoms with Gasteiger partial charge in [-0.1, -0.05) is 13.8 Å². The fourth-order valence-electron chi connectivity index (χ4n) is 3.85. The summed E-state index contributed by atoms with van der Waals surface area (Å²) < 4.78 is 14.6. The van der Waals surface area contributed by atoms with Gasteiger partial charge < -0.3 is 14.7 Å². The minimum absolute atomic E-state index is 0.0892. The highest BCUT2D eigenvalue weighted by atomic mass is 19.1. The molecule has 2 heterocycles. The van der Waals surface area contributed by atoms with Gasteiger partial charge >= 0.3 is 0 Å². The van der Waals surface area contributed by atoms with E-state index >= 15 is 0 Å². The summed E-state index contributed by atoms with van der Waals surface area (Å²) in [6.45, 7) is 7.60. The van der Waals surface area contributed by atoms with E-state index in [1.54, 1.807) is 11.0 Å². The molecule has 0 radical (unpaired) electrons. The number of nitrogens with zero attached hydrogens (tertiary/aromatic N) is 4. The first-order chi connectivity index (χ1) is 12.9. The molecule has 0 saturated carbocycles. The van der Waals surface area contributed by atoms with E-state index in [0.29, 0.717) is 49.9 Å². The van der Waals surface area contributed by atoms with Crippen LogP contribution in [0.1, 0.15) is 33.1 Å². The second-order valence-corrected chi connectivity index (χ2v) is 7.44. The van der Waals surface area contributed by atoms with Gasteiger partial charge in [-0.3, -0.25) is 14.9 Å². The van der Waals surface area contributed by atoms with E-state index in [-0.39, 0.29) is 11.6 Å². The van der Waals surface area contributed by atoms with E-state index in [1.807, 2.05) is 16.7 Å². The molecule has 8 heteroatoms. The molecule has 2 saturated heterocycles. The van der Waals surface area contributed by atoms with Crippen LogP contribution >= 0.6 is 0 Å². The average Bonchev–Trinajstić information content (AvgIpc) is 2.68. The molecule has 1 aromatic rings. The number of halogens is 1. The topological polar surface area (TPSA) is 69.9 Å². The van der Waals surface area contributed by atoms with Crippen molar-refractivity contribution >= 4 is 23.0 Å². The van der Waals surface area contributed by atoms with Crippen molar-refractivity contribution in [3.63, 3.8) is 0 Å². The van der Waals surface area contributed by atoms with Crippen molar-refractivity contribution in [1.29, 1.82) is 0 Å². The molecule has 0 atom stereocenters. The van der Waals surface area contributed by atoms with E-state index in [2.05, 4.69) is 6.92 Å². The Morgan fingerprint density at radius 1 is 1.11 bits per heavy atom. The Kier molecular flexibility index (Phi) is 5.82. The summed E-state index contributed by atoms with van der Waals surface area (Å²) in [4.78, 5) is 28.5. The van der Waals surface area contributed by atoms with Crippen LogP contribution < -0.4 is 9.80 Å². The maximum Gasteiger partial charge on any atom is 0.295 e. The van der Waals surface area contributed by atoms with Crippen LogP contribution in [0.25, 0.3) is 0 Å². The molecule has 1 amide bonds. The summed E-state index contributed by atoms with van der Waals surface area (Å²) in [5, 5.41) is 11.5. The van der Waals surface area contributed by atoms with Gasteiger partial charge in [0.2, 0.25) is 5.91 Å². The zero-order valence-electron chi connectivity index (χ0n) is 16.0. The normalized spacial score (nSPS) is 18.7. The number of hydrogen-bond donors (Lipinski definition) is 0. The number of anilines is 2. The van der Waals surface area contributed by atoms with Gasteiger partial charge in [0.15, 0.2) is 5.82 Å². The standard InChI is InChI=1S/C19H27FN4O3/c1-3-19(25)23-10-8-22(9-11-23)17-13-16(15(20)12-18(17)24(26)27)21-6-4-14(2)5-7-21/h12-14H,3-11H2,1-2H3. The van der Waals surface area contributed by atoms with Crippen molar-refractivity contribution in [3.8, 4) is 0 Å². The second kappa shape index (κ2) is 8.10. The van der Waals surface area contributed by atoms with Crippen LogP contribution in [-0.4, -0.2) is 55.0 Å². The summed E-state index contributed by atoms with van der Waals surface area (Å²) in [7, 11) is 0. The Morgan fingerprint density at radius 2 is 1.70 bits per heavy atom. The Morgan fingerprint density at radius 3 is 2.26 bits per heavy atom. The zero-order chi connectivity index (χ0) is 19.6. The maximum absolute atomic E-state index is 14.6. The largest absolute Gasteiger partial charge is 0.369 e. The van der Waals surface area contributed by atoms with Crippen LogP contribution in [0, 0.1) is 21.8 Å². The molecule has 1 aromatic carbocycles. The van der Waals surface area contributed by atoms with Crippen molar-refractivity contribution < 1.29 is 14.1 Å². The van der Waals surface area contributed by atoms with Crippen molar-refractivity contribution in [1.82, 2.24) is 4.90 Å². The van der Waals surface area contributed by atoms with Crippen LogP contribution in [0.5, 0.6) is 0 Å². The number of amides is 1. The van der Waals surface area contributed by atoms with Crippen molar-refractivity contribution in [2.24, 2.45) is 5.92 Å². The third-order valence-corrected chi connectivity index (χ3v) is 5.64. The molecule has 7 nitrogen and oxygen atoms in total. The molecule has 0 aliphatic carbocycles. The molecule has 2 aliphatic heterocycles. The zero-order valence-corrected chi connectivity index (χ0v) is 16.0. The first kappa shape index (κ1) is 19.4. The fraction of sp³-hybridized carbons (Fsp3) is 0.632. The maximum atomic E-state index is 14.6. The Balaban J connectivity index is 1.86. The van der Waals surface area contributed by atoms with Gasteiger partial charge in [-0.05, 0) is 24.8 Å². The van der Waals surface area contributed by atoms with Crippen LogP contribution in [0.2, 0.25) is 0 Å². The second-order valence-electron chi connectivity index (χ2n) is 7.44. The number of nitro groups is 1. The number of carbonyl (C=O) groups excluding carboxylic acids is 1. The predicted octanol–water partition coefficient (Wildman–Crippen LogP) is 3.03. The average molecular weight is 378 g/mol. The molecule has 0 spiro atoms. The SMILES string of the molecule is CCC(=O)N1CCN(c2cc(N3CCC(C)CC3)c(F)cc2[N+](=O)[O-])CC1. The summed E-state index contributed by atoms with van der Waals surface area (Å²) in [6.07, 6.45) is 2.43. The lowest BCUT2D eigenvalue weighted by atomic mass is 9.98. The van der Waals surface area contributed by atoms with Crippen LogP contribution in [0.3, 0.4) is 0 Å². The van der Waals surface area contributed by atoms with Gasteiger partial charge in [0, 0.05) is 45.7 Å². The third-order valence-electron chi connectivity index (χ3n) is 5.64. The summed E-state index contributed by atoms with van der Waals surface area (Å²) in [5.41, 5.74) is 0.671. The van der Waals surface area contributed by atoms with E-state index < -0.39 is 10.7 Å². The minimum atomic E-state index is -0.542. The number of rotatable bonds is 4. The minimum Gasteiger partial charge on any atom is -0.369 e. The lowest BCUT2D eigenvalue weighted by molar-refractivity contribution is -0.384. The molecule has 148 valence electrons. The molecule has 2 aliphatic rings. The van der Waals surface area contributed by atoms with Crippen molar-refractivity contribution in [2.75, 3.05) is 49.1 Å². The summed E-state index contributed by atoms with van der Waals surface area (Å²) >= 11 is 0. The highest BCUT2D eigenvalue weighted by Gasteiger charge is 2.29. The number of nitro benzene ring substituents is 1. The molecule has 0 bridgehead atoms. The van der Waals surface area contributed by atoms with Gasteiger partial charge in [-0.25, -0.2) is 4.39 Å². The highest BCUT2D eigenvalue weighted by molar-refractivity contribution is 5.76. The van der Waals surface area contributed by atoms with E-state index in [1.165, 1.54) is 0 Å². The Bertz CT molecular complexity index is 711. The van der Waals surface area contributed by atoms with E-state index in [4.69, 9.17) is 0 Å². The van der Waals surface area contributed by atoms with E-state index in [9.17, 15) is 19.3 Å². The third kappa shape index (κ3) is 4.14. The smallest absolute Gasteiger partial charge is 0.295 e.